The van der Waals surface area contributed by atoms with Crippen molar-refractivity contribution >= 4 is 16.8 Å². The first kappa shape index (κ1) is 26.7. The van der Waals surface area contributed by atoms with Crippen molar-refractivity contribution in [2.24, 2.45) is 5.41 Å². The normalized spacial score (nSPS) is 15.5. The van der Waals surface area contributed by atoms with Crippen molar-refractivity contribution in [2.45, 2.75) is 32.1 Å². The van der Waals surface area contributed by atoms with Gasteiger partial charge in [0.2, 0.25) is 5.91 Å². The number of hydroxylamine groups is 1. The number of hydrogen-bond donors (Lipinski definition) is 2. The number of hydrogen-bond acceptors (Lipinski definition) is 6. The van der Waals surface area contributed by atoms with Gasteiger partial charge < -0.3 is 9.47 Å². The van der Waals surface area contributed by atoms with Gasteiger partial charge in [-0.1, -0.05) is 0 Å². The third-order valence-electron chi connectivity index (χ3n) is 7.12. The summed E-state index contributed by atoms with van der Waals surface area (Å²) in [5.41, 5.74) is 2.22. The summed E-state index contributed by atoms with van der Waals surface area (Å²) in [4.78, 5) is 18.9. The summed E-state index contributed by atoms with van der Waals surface area (Å²) in [5, 5.41) is 10.1. The predicted molar refractivity (Wildman–Crippen MR) is 131 cm³/mol. The van der Waals surface area contributed by atoms with E-state index in [2.05, 4.69) is 9.88 Å². The van der Waals surface area contributed by atoms with Gasteiger partial charge in [-0.25, -0.2) is 18.7 Å². The number of carbonyl (C=O) groups is 1. The summed E-state index contributed by atoms with van der Waals surface area (Å²) >= 11 is 0. The molecule has 37 heavy (non-hydrogen) atoms. The maximum atomic E-state index is 14.7. The number of nitrogens with one attached hydrogen (secondary N) is 1. The van der Waals surface area contributed by atoms with E-state index in [1.54, 1.807) is 25.3 Å². The van der Waals surface area contributed by atoms with Gasteiger partial charge in [0.15, 0.2) is 0 Å². The number of aryl methyl sites for hydroxylation is 1. The summed E-state index contributed by atoms with van der Waals surface area (Å²) in [7, 11) is 1.55. The van der Waals surface area contributed by atoms with Gasteiger partial charge in [-0.05, 0) is 69.0 Å². The zero-order chi connectivity index (χ0) is 26.4. The first-order chi connectivity index (χ1) is 17.8. The molecule has 0 atom stereocenters. The Kier molecular flexibility index (Phi) is 8.50. The second kappa shape index (κ2) is 11.8. The lowest BCUT2D eigenvalue weighted by Gasteiger charge is -2.40. The number of aromatic nitrogens is 1. The van der Waals surface area contributed by atoms with Gasteiger partial charge in [0.1, 0.15) is 35.6 Å². The number of amides is 1. The Labute approximate surface area is 213 Å². The van der Waals surface area contributed by atoms with Crippen LogP contribution in [0.5, 0.6) is 11.5 Å². The summed E-state index contributed by atoms with van der Waals surface area (Å²) in [6.07, 6.45) is 3.62. The number of piperidine rings is 1. The Bertz CT molecular complexity index is 1230. The molecule has 2 heterocycles. The van der Waals surface area contributed by atoms with Crippen LogP contribution in [0.4, 0.5) is 13.2 Å². The van der Waals surface area contributed by atoms with E-state index in [0.29, 0.717) is 74.0 Å². The van der Waals surface area contributed by atoms with Crippen molar-refractivity contribution in [2.75, 3.05) is 33.4 Å². The van der Waals surface area contributed by atoms with Crippen LogP contribution in [-0.2, 0) is 11.2 Å². The van der Waals surface area contributed by atoms with E-state index in [1.807, 2.05) is 5.48 Å². The van der Waals surface area contributed by atoms with Crippen molar-refractivity contribution in [1.29, 1.82) is 0 Å². The van der Waals surface area contributed by atoms with Crippen LogP contribution < -0.4 is 15.0 Å². The molecular weight excluding hydrogens is 487 g/mol. The van der Waals surface area contributed by atoms with E-state index in [9.17, 15) is 23.2 Å². The van der Waals surface area contributed by atoms with Crippen LogP contribution in [0, 0.1) is 22.9 Å². The van der Waals surface area contributed by atoms with Crippen LogP contribution in [0.2, 0.25) is 0 Å². The summed E-state index contributed by atoms with van der Waals surface area (Å²) < 4.78 is 52.1. The predicted octanol–water partition coefficient (Wildman–Crippen LogP) is 4.65. The monoisotopic (exact) mass is 517 g/mol. The number of halogens is 3. The highest BCUT2D eigenvalue weighted by atomic mass is 19.1. The lowest BCUT2D eigenvalue weighted by atomic mass is 9.73. The zero-order valence-electron chi connectivity index (χ0n) is 20.6. The molecule has 4 rings (SSSR count). The second-order valence-electron chi connectivity index (χ2n) is 9.34. The van der Waals surface area contributed by atoms with Crippen LogP contribution in [0.3, 0.4) is 0 Å². The van der Waals surface area contributed by atoms with E-state index in [4.69, 9.17) is 9.47 Å². The molecule has 0 unspecified atom stereocenters. The maximum absolute atomic E-state index is 14.7. The number of fused-ring (bicyclic) bond motifs is 1. The molecular formula is C27H30F3N3O4. The topological polar surface area (TPSA) is 83.9 Å². The fourth-order valence-corrected chi connectivity index (χ4v) is 5.01. The Morgan fingerprint density at radius 2 is 1.84 bits per heavy atom. The summed E-state index contributed by atoms with van der Waals surface area (Å²) in [6, 6.07) is 8.35. The Morgan fingerprint density at radius 1 is 1.11 bits per heavy atom. The van der Waals surface area contributed by atoms with Gasteiger partial charge in [-0.15, -0.1) is 0 Å². The molecule has 1 aliphatic heterocycles. The average molecular weight is 518 g/mol. The highest BCUT2D eigenvalue weighted by Crippen LogP contribution is 2.37. The summed E-state index contributed by atoms with van der Waals surface area (Å²) in [6.45, 7) is 1.92. The van der Waals surface area contributed by atoms with Crippen LogP contribution in [-0.4, -0.2) is 54.3 Å². The molecule has 0 spiro atoms. The molecule has 1 saturated heterocycles. The van der Waals surface area contributed by atoms with E-state index >= 15 is 0 Å². The molecule has 0 bridgehead atoms. The van der Waals surface area contributed by atoms with E-state index in [-0.39, 0.29) is 12.4 Å². The van der Waals surface area contributed by atoms with Crippen molar-refractivity contribution in [3.8, 4) is 11.5 Å². The molecule has 1 amide bonds. The minimum atomic E-state index is -0.783. The van der Waals surface area contributed by atoms with Gasteiger partial charge in [0, 0.05) is 30.1 Å². The Balaban J connectivity index is 1.35. The number of ether oxygens (including phenoxy) is 2. The minimum absolute atomic E-state index is 0.122. The molecule has 0 radical (unpaired) electrons. The highest BCUT2D eigenvalue weighted by Gasteiger charge is 2.40. The molecule has 10 heteroatoms. The number of benzene rings is 2. The standard InChI is InChI=1S/C27H30F3N3O4/c1-36-20-4-5-25-23(16-20)22(24(30)17-31-25)3-2-6-27(26(34)32-35)7-9-33(10-8-27)11-12-37-21-14-18(28)13-19(29)15-21/h4-5,13-17,35H,2-3,6-12H2,1H3,(H,32,34). The zero-order valence-corrected chi connectivity index (χ0v) is 20.6. The van der Waals surface area contributed by atoms with Crippen LogP contribution in [0.25, 0.3) is 10.9 Å². The van der Waals surface area contributed by atoms with Gasteiger partial charge in [-0.2, -0.15) is 0 Å². The van der Waals surface area contributed by atoms with E-state index in [1.165, 1.54) is 6.20 Å². The quantitative estimate of drug-likeness (QED) is 0.301. The third kappa shape index (κ3) is 6.31. The second-order valence-corrected chi connectivity index (χ2v) is 9.34. The van der Waals surface area contributed by atoms with Gasteiger partial charge in [0.05, 0.1) is 24.2 Å². The van der Waals surface area contributed by atoms with Crippen molar-refractivity contribution in [3.63, 3.8) is 0 Å². The van der Waals surface area contributed by atoms with Gasteiger partial charge in [-0.3, -0.25) is 19.9 Å². The number of rotatable bonds is 10. The number of pyridine rings is 1. The lowest BCUT2D eigenvalue weighted by molar-refractivity contribution is -0.143. The molecule has 2 aromatic carbocycles. The molecule has 1 aliphatic rings. The fourth-order valence-electron chi connectivity index (χ4n) is 5.01. The number of nitrogens with zero attached hydrogens (tertiary/aromatic N) is 2. The summed E-state index contributed by atoms with van der Waals surface area (Å²) in [5.74, 6) is -1.53. The first-order valence-corrected chi connectivity index (χ1v) is 12.2. The Hall–Kier alpha value is -3.37. The van der Waals surface area contributed by atoms with Crippen molar-refractivity contribution in [3.05, 3.63) is 65.6 Å². The smallest absolute Gasteiger partial charge is 0.249 e. The van der Waals surface area contributed by atoms with Gasteiger partial charge in [0.25, 0.3) is 0 Å². The van der Waals surface area contributed by atoms with Crippen molar-refractivity contribution in [1.82, 2.24) is 15.4 Å². The SMILES string of the molecule is COc1ccc2ncc(F)c(CCCC3(C(=O)NO)CCN(CCOc4cc(F)cc(F)c4)CC3)c2c1. The molecule has 1 fully saturated rings. The maximum Gasteiger partial charge on any atom is 0.249 e. The lowest BCUT2D eigenvalue weighted by Crippen LogP contribution is -2.49. The molecule has 0 saturated carbocycles. The third-order valence-corrected chi connectivity index (χ3v) is 7.12. The number of methoxy groups -OCH3 is 1. The highest BCUT2D eigenvalue weighted by molar-refractivity contribution is 5.84. The fraction of sp³-hybridized carbons (Fsp3) is 0.407. The molecule has 7 nitrogen and oxygen atoms in total. The van der Waals surface area contributed by atoms with E-state index in [0.717, 1.165) is 18.2 Å². The average Bonchev–Trinajstić information content (AvgIpc) is 2.89. The molecule has 198 valence electrons. The molecule has 2 N–H and O–H groups in total. The van der Waals surface area contributed by atoms with Crippen LogP contribution >= 0.6 is 0 Å². The van der Waals surface area contributed by atoms with Crippen LogP contribution in [0.1, 0.15) is 31.2 Å². The molecule has 0 aliphatic carbocycles. The molecule has 3 aromatic rings. The number of carbonyl (C=O) groups excluding carboxylic acids is 1. The van der Waals surface area contributed by atoms with Crippen molar-refractivity contribution < 1.29 is 32.6 Å². The molecule has 1 aromatic heterocycles. The van der Waals surface area contributed by atoms with Gasteiger partial charge >= 0.3 is 0 Å². The largest absolute Gasteiger partial charge is 0.497 e. The van der Waals surface area contributed by atoms with Crippen LogP contribution in [0.15, 0.2) is 42.6 Å². The minimum Gasteiger partial charge on any atom is -0.497 e. The first-order valence-electron chi connectivity index (χ1n) is 12.2. The van der Waals surface area contributed by atoms with E-state index < -0.39 is 28.8 Å². The Morgan fingerprint density at radius 3 is 2.51 bits per heavy atom. The number of likely N-dealkylation sites (tertiary alicyclic amines) is 1.